The van der Waals surface area contributed by atoms with Gasteiger partial charge in [-0.3, -0.25) is 14.5 Å². The molecular weight excluding hydrogens is 608 g/mol. The minimum Gasteiger partial charge on any atom is -0.488 e. The van der Waals surface area contributed by atoms with Gasteiger partial charge in [-0.1, -0.05) is 0 Å². The standard InChI is InChI=1S/C34H37F2N7O4/c1-17-11-21(12-18(2)28(17)36)43-31(27-19(3)39(10-9-25(27)38-43)33(45)47-34(4,5)6)40-15-22-16-46-30-23-14-37-42(20-7-8-20)29(23)24(35)13-26(30)41(22)32(40)44/h11-14,19-20,22H,7-10,15-16H2,1-6H3/t19-,22+/m0/s1. The molecule has 3 amide bonds. The van der Waals surface area contributed by atoms with Gasteiger partial charge in [0.25, 0.3) is 0 Å². The lowest BCUT2D eigenvalue weighted by Crippen LogP contribution is -2.43. The van der Waals surface area contributed by atoms with Crippen molar-refractivity contribution in [2.24, 2.45) is 0 Å². The van der Waals surface area contributed by atoms with E-state index in [-0.39, 0.29) is 31.0 Å². The number of rotatable bonds is 3. The molecule has 2 fully saturated rings. The molecule has 4 aliphatic rings. The first-order valence-electron chi connectivity index (χ1n) is 16.1. The van der Waals surface area contributed by atoms with Gasteiger partial charge in [-0.25, -0.2) is 23.1 Å². The number of anilines is 2. The molecule has 8 rings (SSSR count). The molecule has 47 heavy (non-hydrogen) atoms. The molecule has 0 bridgehead atoms. The lowest BCUT2D eigenvalue weighted by atomic mass is 9.99. The zero-order valence-electron chi connectivity index (χ0n) is 27.3. The van der Waals surface area contributed by atoms with Crippen molar-refractivity contribution in [3.8, 4) is 11.4 Å². The molecule has 1 saturated carbocycles. The highest BCUT2D eigenvalue weighted by Crippen LogP contribution is 2.48. The first-order valence-corrected chi connectivity index (χ1v) is 16.1. The molecule has 0 spiro atoms. The molecule has 0 radical (unpaired) electrons. The van der Waals surface area contributed by atoms with Gasteiger partial charge in [0, 0.05) is 24.6 Å². The SMILES string of the molecule is Cc1cc(-n2nc3c(c2N2C[C@@H]4COc5c(cc(F)c6c5cnn6C5CC5)N4C2=O)[C@H](C)N(C(=O)OC(C)(C)C)CC3)cc(C)c1F. The van der Waals surface area contributed by atoms with Gasteiger partial charge >= 0.3 is 12.1 Å². The zero-order valence-corrected chi connectivity index (χ0v) is 27.3. The van der Waals surface area contributed by atoms with Crippen LogP contribution in [0.5, 0.6) is 5.75 Å². The van der Waals surface area contributed by atoms with Gasteiger partial charge in [-0.2, -0.15) is 10.2 Å². The predicted octanol–water partition coefficient (Wildman–Crippen LogP) is 6.51. The summed E-state index contributed by atoms with van der Waals surface area (Å²) in [4.78, 5) is 32.8. The topological polar surface area (TPSA) is 98.0 Å². The summed E-state index contributed by atoms with van der Waals surface area (Å²) in [6.07, 6.45) is 3.50. The van der Waals surface area contributed by atoms with E-state index in [1.54, 1.807) is 56.2 Å². The molecule has 13 heteroatoms. The first-order chi connectivity index (χ1) is 22.3. The van der Waals surface area contributed by atoms with E-state index in [0.29, 0.717) is 63.5 Å². The van der Waals surface area contributed by atoms with Crippen molar-refractivity contribution in [1.82, 2.24) is 24.5 Å². The summed E-state index contributed by atoms with van der Waals surface area (Å²) >= 11 is 0. The van der Waals surface area contributed by atoms with E-state index in [4.69, 9.17) is 14.6 Å². The monoisotopic (exact) mass is 645 g/mol. The number of urea groups is 1. The third kappa shape index (κ3) is 4.56. The quantitative estimate of drug-likeness (QED) is 0.252. The van der Waals surface area contributed by atoms with Gasteiger partial charge in [0.1, 0.15) is 29.4 Å². The lowest BCUT2D eigenvalue weighted by molar-refractivity contribution is 0.0160. The van der Waals surface area contributed by atoms with Crippen LogP contribution in [-0.2, 0) is 11.2 Å². The highest BCUT2D eigenvalue weighted by molar-refractivity contribution is 6.10. The fourth-order valence-corrected chi connectivity index (χ4v) is 7.23. The van der Waals surface area contributed by atoms with Crippen LogP contribution in [0.25, 0.3) is 16.6 Å². The van der Waals surface area contributed by atoms with Gasteiger partial charge in [0.05, 0.1) is 53.3 Å². The highest BCUT2D eigenvalue weighted by Gasteiger charge is 2.48. The Bertz CT molecular complexity index is 1970. The Morgan fingerprint density at radius 2 is 1.81 bits per heavy atom. The number of hydrogen-bond acceptors (Lipinski definition) is 6. The van der Waals surface area contributed by atoms with Gasteiger partial charge < -0.3 is 14.4 Å². The van der Waals surface area contributed by atoms with Gasteiger partial charge in [-0.05, 0) is 77.6 Å². The van der Waals surface area contributed by atoms with Crippen molar-refractivity contribution >= 4 is 34.5 Å². The fraction of sp³-hybridized carbons (Fsp3) is 0.471. The molecular formula is C34H37F2N7O4. The Morgan fingerprint density at radius 3 is 2.49 bits per heavy atom. The number of fused-ring (bicyclic) bond motifs is 6. The molecule has 2 aromatic carbocycles. The number of hydrogen-bond donors (Lipinski definition) is 0. The van der Waals surface area contributed by atoms with E-state index in [1.165, 1.54) is 6.07 Å². The van der Waals surface area contributed by atoms with Crippen LogP contribution in [0.4, 0.5) is 29.9 Å². The number of carbonyl (C=O) groups is 2. The average molecular weight is 646 g/mol. The minimum atomic E-state index is -0.690. The molecule has 5 heterocycles. The molecule has 0 N–H and O–H groups in total. The van der Waals surface area contributed by atoms with E-state index in [2.05, 4.69) is 5.10 Å². The second-order valence-corrected chi connectivity index (χ2v) is 14.1. The van der Waals surface area contributed by atoms with Crippen LogP contribution in [0.2, 0.25) is 0 Å². The van der Waals surface area contributed by atoms with Crippen LogP contribution >= 0.6 is 0 Å². The minimum absolute atomic E-state index is 0.174. The fourth-order valence-electron chi connectivity index (χ4n) is 7.23. The van der Waals surface area contributed by atoms with E-state index >= 15 is 4.39 Å². The molecule has 3 aliphatic heterocycles. The van der Waals surface area contributed by atoms with Gasteiger partial charge in [-0.15, -0.1) is 0 Å². The normalized spacial score (nSPS) is 20.8. The van der Waals surface area contributed by atoms with E-state index in [9.17, 15) is 14.0 Å². The summed E-state index contributed by atoms with van der Waals surface area (Å²) < 4.78 is 45.9. The second kappa shape index (κ2) is 10.2. The largest absolute Gasteiger partial charge is 0.488 e. The van der Waals surface area contributed by atoms with E-state index < -0.39 is 29.6 Å². The third-order valence-corrected chi connectivity index (χ3v) is 9.53. The molecule has 11 nitrogen and oxygen atoms in total. The summed E-state index contributed by atoms with van der Waals surface area (Å²) in [6.45, 7) is 11.6. The second-order valence-electron chi connectivity index (χ2n) is 14.1. The van der Waals surface area contributed by atoms with Crippen molar-refractivity contribution in [2.45, 2.75) is 84.5 Å². The summed E-state index contributed by atoms with van der Waals surface area (Å²) in [5, 5.41) is 9.97. The zero-order chi connectivity index (χ0) is 33.1. The Labute approximate surface area is 270 Å². The maximum atomic E-state index is 15.8. The number of amides is 3. The summed E-state index contributed by atoms with van der Waals surface area (Å²) in [5.74, 6) is 0.151. The summed E-state index contributed by atoms with van der Waals surface area (Å²) in [5.41, 5.74) is 2.98. The number of nitrogens with zero attached hydrogens (tertiary/aromatic N) is 7. The van der Waals surface area contributed by atoms with Crippen LogP contribution in [0.15, 0.2) is 24.4 Å². The van der Waals surface area contributed by atoms with Crippen LogP contribution in [0, 0.1) is 25.5 Å². The van der Waals surface area contributed by atoms with Crippen molar-refractivity contribution in [3.63, 3.8) is 0 Å². The van der Waals surface area contributed by atoms with E-state index in [1.807, 2.05) is 27.7 Å². The van der Waals surface area contributed by atoms with Crippen molar-refractivity contribution in [2.75, 3.05) is 29.5 Å². The Kier molecular flexibility index (Phi) is 6.42. The Hall–Kier alpha value is -4.68. The van der Waals surface area contributed by atoms with Crippen LogP contribution in [-0.4, -0.2) is 67.9 Å². The van der Waals surface area contributed by atoms with Crippen LogP contribution in [0.1, 0.15) is 75.0 Å². The highest BCUT2D eigenvalue weighted by atomic mass is 19.1. The van der Waals surface area contributed by atoms with Gasteiger partial charge in [0.15, 0.2) is 11.6 Å². The molecule has 4 aromatic rings. The molecule has 246 valence electrons. The molecule has 1 saturated heterocycles. The maximum Gasteiger partial charge on any atom is 0.410 e. The number of aromatic nitrogens is 4. The van der Waals surface area contributed by atoms with Crippen molar-refractivity contribution < 1.29 is 27.8 Å². The van der Waals surface area contributed by atoms with Crippen LogP contribution in [0.3, 0.4) is 0 Å². The third-order valence-electron chi connectivity index (χ3n) is 9.53. The number of carbonyl (C=O) groups excluding carboxylic acids is 2. The smallest absolute Gasteiger partial charge is 0.410 e. The van der Waals surface area contributed by atoms with Crippen LogP contribution < -0.4 is 14.5 Å². The molecule has 1 aliphatic carbocycles. The molecule has 2 aromatic heterocycles. The van der Waals surface area contributed by atoms with Gasteiger partial charge in [0.2, 0.25) is 0 Å². The number of ether oxygens (including phenoxy) is 2. The summed E-state index contributed by atoms with van der Waals surface area (Å²) in [7, 11) is 0. The number of halogens is 2. The molecule has 0 unspecified atom stereocenters. The Morgan fingerprint density at radius 1 is 1.09 bits per heavy atom. The number of benzene rings is 2. The number of aryl methyl sites for hydroxylation is 2. The predicted molar refractivity (Wildman–Crippen MR) is 171 cm³/mol. The Balaban J connectivity index is 1.25. The average Bonchev–Trinajstić information content (AvgIpc) is 3.47. The summed E-state index contributed by atoms with van der Waals surface area (Å²) in [6, 6.07) is 3.69. The maximum absolute atomic E-state index is 15.8. The molecule has 2 atom stereocenters. The lowest BCUT2D eigenvalue weighted by Gasteiger charge is -2.35. The van der Waals surface area contributed by atoms with E-state index in [0.717, 1.165) is 18.5 Å². The van der Waals surface area contributed by atoms with Crippen molar-refractivity contribution in [1.29, 1.82) is 0 Å². The van der Waals surface area contributed by atoms with Crippen molar-refractivity contribution in [3.05, 3.63) is 58.4 Å². The first kappa shape index (κ1) is 29.7.